The first kappa shape index (κ1) is 31.7. The second-order valence-corrected chi connectivity index (χ2v) is 11.4. The number of hydrogen-bond acceptors (Lipinski definition) is 10. The van der Waals surface area contributed by atoms with Crippen molar-refractivity contribution in [2.75, 3.05) is 66.3 Å². The molecule has 1 aromatic heterocycles. The van der Waals surface area contributed by atoms with Gasteiger partial charge in [-0.2, -0.15) is 0 Å². The Balaban J connectivity index is 1.30. The van der Waals surface area contributed by atoms with Gasteiger partial charge in [0.05, 0.1) is 39.1 Å². The van der Waals surface area contributed by atoms with Crippen LogP contribution in [-0.4, -0.2) is 99.2 Å². The molecule has 2 aliphatic heterocycles. The van der Waals surface area contributed by atoms with E-state index in [-0.39, 0.29) is 11.5 Å². The SMILES string of the molecule is COC(=O)C1CN(CCn2c(=O)ccc3ccc(OCCOCCNC(=O)OC(C)(C)C)cc32)CCC12OCCCO2. The number of benzene rings is 1. The van der Waals surface area contributed by atoms with Gasteiger partial charge in [-0.15, -0.1) is 0 Å². The molecule has 2 fully saturated rings. The van der Waals surface area contributed by atoms with Crippen LogP contribution < -0.4 is 15.6 Å². The molecule has 1 amide bonds. The molecule has 1 aromatic carbocycles. The zero-order valence-corrected chi connectivity index (χ0v) is 25.0. The Morgan fingerprint density at radius 2 is 1.83 bits per heavy atom. The van der Waals surface area contributed by atoms with Gasteiger partial charge in [0.2, 0.25) is 0 Å². The van der Waals surface area contributed by atoms with Crippen LogP contribution in [0.1, 0.15) is 33.6 Å². The molecule has 12 heteroatoms. The maximum Gasteiger partial charge on any atom is 0.407 e. The van der Waals surface area contributed by atoms with Gasteiger partial charge in [-0.3, -0.25) is 9.59 Å². The van der Waals surface area contributed by atoms with Crippen LogP contribution in [0.2, 0.25) is 0 Å². The molecule has 42 heavy (non-hydrogen) atoms. The van der Waals surface area contributed by atoms with E-state index < -0.39 is 23.4 Å². The van der Waals surface area contributed by atoms with Crippen molar-refractivity contribution < 1.29 is 38.0 Å². The van der Waals surface area contributed by atoms with Gasteiger partial charge in [0, 0.05) is 51.3 Å². The van der Waals surface area contributed by atoms with Crippen LogP contribution in [0.3, 0.4) is 0 Å². The quantitative estimate of drug-likeness (QED) is 0.309. The number of hydrogen-bond donors (Lipinski definition) is 1. The Labute approximate surface area is 246 Å². The predicted molar refractivity (Wildman–Crippen MR) is 155 cm³/mol. The van der Waals surface area contributed by atoms with Gasteiger partial charge in [-0.05, 0) is 50.8 Å². The lowest BCUT2D eigenvalue weighted by molar-refractivity contribution is -0.307. The molecule has 12 nitrogen and oxygen atoms in total. The number of alkyl carbamates (subject to hydrolysis) is 1. The number of likely N-dealkylation sites (tertiary alicyclic amines) is 1. The van der Waals surface area contributed by atoms with Crippen LogP contribution in [-0.2, 0) is 35.0 Å². The van der Waals surface area contributed by atoms with E-state index >= 15 is 0 Å². The summed E-state index contributed by atoms with van der Waals surface area (Å²) in [5, 5.41) is 3.56. The minimum Gasteiger partial charge on any atom is -0.491 e. The Kier molecular flexibility index (Phi) is 10.8. The third-order valence-corrected chi connectivity index (χ3v) is 7.23. The van der Waals surface area contributed by atoms with Crippen LogP contribution in [0.5, 0.6) is 5.75 Å². The summed E-state index contributed by atoms with van der Waals surface area (Å²) in [4.78, 5) is 39.4. The molecule has 1 N–H and O–H groups in total. The molecule has 2 aliphatic rings. The smallest absolute Gasteiger partial charge is 0.407 e. The normalized spacial score (nSPS) is 19.0. The molecule has 3 heterocycles. The number of piperidine rings is 1. The number of carbonyl (C=O) groups is 2. The topological polar surface area (TPSA) is 127 Å². The number of esters is 1. The summed E-state index contributed by atoms with van der Waals surface area (Å²) >= 11 is 0. The lowest BCUT2D eigenvalue weighted by Crippen LogP contribution is -2.59. The summed E-state index contributed by atoms with van der Waals surface area (Å²) in [5.41, 5.74) is 0.102. The molecule has 4 rings (SSSR count). The summed E-state index contributed by atoms with van der Waals surface area (Å²) in [6, 6.07) is 8.99. The Morgan fingerprint density at radius 3 is 2.57 bits per heavy atom. The largest absolute Gasteiger partial charge is 0.491 e. The first-order chi connectivity index (χ1) is 20.1. The summed E-state index contributed by atoms with van der Waals surface area (Å²) in [6.07, 6.45) is 0.869. The Hall–Kier alpha value is -3.19. The van der Waals surface area contributed by atoms with Crippen molar-refractivity contribution in [3.8, 4) is 5.75 Å². The van der Waals surface area contributed by atoms with Crippen molar-refractivity contribution in [3.05, 3.63) is 40.7 Å². The first-order valence-corrected chi connectivity index (χ1v) is 14.5. The van der Waals surface area contributed by atoms with Crippen LogP contribution in [0.25, 0.3) is 10.9 Å². The van der Waals surface area contributed by atoms with Gasteiger partial charge in [-0.1, -0.05) is 0 Å². The van der Waals surface area contributed by atoms with Crippen LogP contribution in [0.4, 0.5) is 4.79 Å². The van der Waals surface area contributed by atoms with Crippen molar-refractivity contribution >= 4 is 23.0 Å². The van der Waals surface area contributed by atoms with Crippen molar-refractivity contribution in [2.24, 2.45) is 5.92 Å². The highest BCUT2D eigenvalue weighted by Gasteiger charge is 2.50. The fraction of sp³-hybridized carbons (Fsp3) is 0.633. The summed E-state index contributed by atoms with van der Waals surface area (Å²) in [6.45, 7) is 9.94. The number of rotatable bonds is 11. The molecule has 2 aromatic rings. The van der Waals surface area contributed by atoms with Crippen molar-refractivity contribution in [1.82, 2.24) is 14.8 Å². The van der Waals surface area contributed by atoms with Gasteiger partial charge in [0.25, 0.3) is 5.56 Å². The third-order valence-electron chi connectivity index (χ3n) is 7.23. The number of carbonyl (C=O) groups excluding carboxylic acids is 2. The lowest BCUT2D eigenvalue weighted by atomic mass is 9.89. The number of methoxy groups -OCH3 is 1. The number of aromatic nitrogens is 1. The third kappa shape index (κ3) is 8.43. The van der Waals surface area contributed by atoms with Crippen molar-refractivity contribution in [2.45, 2.75) is 51.5 Å². The Bertz CT molecular complexity index is 1270. The van der Waals surface area contributed by atoms with Gasteiger partial charge < -0.3 is 43.2 Å². The summed E-state index contributed by atoms with van der Waals surface area (Å²) < 4.78 is 35.4. The van der Waals surface area contributed by atoms with Crippen molar-refractivity contribution in [3.63, 3.8) is 0 Å². The molecule has 232 valence electrons. The van der Waals surface area contributed by atoms with E-state index in [1.165, 1.54) is 7.11 Å². The predicted octanol–water partition coefficient (Wildman–Crippen LogP) is 2.55. The molecule has 1 unspecified atom stereocenters. The Morgan fingerprint density at radius 1 is 1.07 bits per heavy atom. The minimum atomic E-state index is -0.942. The van der Waals surface area contributed by atoms with Crippen LogP contribution in [0.15, 0.2) is 35.1 Å². The highest BCUT2D eigenvalue weighted by molar-refractivity contribution is 5.80. The fourth-order valence-electron chi connectivity index (χ4n) is 5.20. The first-order valence-electron chi connectivity index (χ1n) is 14.5. The average molecular weight is 590 g/mol. The van der Waals surface area contributed by atoms with Gasteiger partial charge >= 0.3 is 12.1 Å². The molecular weight excluding hydrogens is 546 g/mol. The fourth-order valence-corrected chi connectivity index (χ4v) is 5.20. The van der Waals surface area contributed by atoms with E-state index in [2.05, 4.69) is 10.2 Å². The molecule has 0 radical (unpaired) electrons. The van der Waals surface area contributed by atoms with Gasteiger partial charge in [0.15, 0.2) is 5.79 Å². The van der Waals surface area contributed by atoms with Crippen LogP contribution in [0, 0.1) is 5.92 Å². The second-order valence-electron chi connectivity index (χ2n) is 11.4. The molecule has 2 saturated heterocycles. The number of amides is 1. The zero-order chi connectivity index (χ0) is 30.2. The summed E-state index contributed by atoms with van der Waals surface area (Å²) in [5.74, 6) is -1.23. The van der Waals surface area contributed by atoms with Gasteiger partial charge in [0.1, 0.15) is 23.9 Å². The average Bonchev–Trinajstić information content (AvgIpc) is 2.96. The van der Waals surface area contributed by atoms with E-state index in [1.54, 1.807) is 37.5 Å². The van der Waals surface area contributed by atoms with E-state index in [4.69, 9.17) is 28.4 Å². The highest BCUT2D eigenvalue weighted by Crippen LogP contribution is 2.36. The minimum absolute atomic E-state index is 0.114. The van der Waals surface area contributed by atoms with E-state index in [0.29, 0.717) is 77.9 Å². The molecule has 0 saturated carbocycles. The number of nitrogens with one attached hydrogen (secondary N) is 1. The second kappa shape index (κ2) is 14.3. The maximum absolute atomic E-state index is 12.9. The van der Waals surface area contributed by atoms with E-state index in [1.807, 2.05) is 18.2 Å². The number of nitrogens with zero attached hydrogens (tertiary/aromatic N) is 2. The van der Waals surface area contributed by atoms with E-state index in [9.17, 15) is 14.4 Å². The number of fused-ring (bicyclic) bond motifs is 1. The monoisotopic (exact) mass is 589 g/mol. The van der Waals surface area contributed by atoms with Crippen molar-refractivity contribution in [1.29, 1.82) is 0 Å². The lowest BCUT2D eigenvalue weighted by Gasteiger charge is -2.47. The maximum atomic E-state index is 12.9. The number of ether oxygens (including phenoxy) is 6. The zero-order valence-electron chi connectivity index (χ0n) is 25.0. The number of pyridine rings is 1. The van der Waals surface area contributed by atoms with E-state index in [0.717, 1.165) is 17.3 Å². The molecule has 0 bridgehead atoms. The standard InChI is InChI=1S/C30H43N3O9/c1-29(2,3)42-28(36)31-11-17-38-18-19-39-23-8-6-22-7-9-26(34)33(25(22)20-23)14-13-32-12-10-30(40-15-5-16-41-30)24(21-32)27(35)37-4/h6-9,20,24H,5,10-19,21H2,1-4H3,(H,31,36). The molecule has 1 atom stereocenters. The molecule has 1 spiro atoms. The van der Waals surface area contributed by atoms with Gasteiger partial charge in [-0.25, -0.2) is 4.79 Å². The molecule has 0 aliphatic carbocycles. The highest BCUT2D eigenvalue weighted by atomic mass is 16.7. The summed E-state index contributed by atoms with van der Waals surface area (Å²) in [7, 11) is 1.38. The molecular formula is C30H43N3O9. The van der Waals surface area contributed by atoms with Crippen LogP contribution >= 0.6 is 0 Å².